The Labute approximate surface area is 250 Å². The molecule has 1 aromatic rings. The average molecular weight is 591 g/mol. The van der Waals surface area contributed by atoms with Crippen LogP contribution in [0.5, 0.6) is 0 Å². The number of carbonyl (C=O) groups excluding carboxylic acids is 1. The summed E-state index contributed by atoms with van der Waals surface area (Å²) in [4.78, 5) is 25.2. The molecule has 0 radical (unpaired) electrons. The van der Waals surface area contributed by atoms with Crippen molar-refractivity contribution in [3.8, 4) is 0 Å². The first-order valence-electron chi connectivity index (χ1n) is 15.3. The van der Waals surface area contributed by atoms with Gasteiger partial charge in [-0.2, -0.15) is 4.98 Å². The number of nitrogens with zero attached hydrogens (tertiary/aromatic N) is 6. The molecular weight excluding hydrogens is 540 g/mol. The van der Waals surface area contributed by atoms with Crippen molar-refractivity contribution in [2.24, 2.45) is 0 Å². The molecule has 0 unspecified atom stereocenters. The minimum absolute atomic E-state index is 0.360. The van der Waals surface area contributed by atoms with E-state index >= 15 is 0 Å². The SMILES string of the molecule is CNCCOCCOCCN1CCN(SN2CCC(Nc3ncc(/C=C\C=O)c(N(C)C4CCCC4)n3)CC2)CC1. The van der Waals surface area contributed by atoms with Gasteiger partial charge in [-0.3, -0.25) is 9.69 Å². The lowest BCUT2D eigenvalue weighted by Gasteiger charge is -2.38. The Morgan fingerprint density at radius 3 is 2.41 bits per heavy atom. The van der Waals surface area contributed by atoms with Crippen molar-refractivity contribution in [3.05, 3.63) is 17.8 Å². The number of hydrogen-bond acceptors (Lipinski definition) is 12. The standard InChI is InChI=1S/C29H50N8O3S/c1-30-11-20-39-22-23-40-21-18-35-14-16-37(17-15-35)41-36-12-9-26(10-13-36)32-29-31-24-25(6-5-19-38)28(33-29)34(2)27-7-3-4-8-27/h5-6,19,24,26-27,30H,3-4,7-18,20-23H2,1-2H3,(H,31,32,33)/b6-5-. The number of piperazine rings is 1. The van der Waals surface area contributed by atoms with E-state index in [1.807, 2.05) is 31.5 Å². The Morgan fingerprint density at radius 1 is 1.00 bits per heavy atom. The van der Waals surface area contributed by atoms with Gasteiger partial charge in [0.2, 0.25) is 5.95 Å². The summed E-state index contributed by atoms with van der Waals surface area (Å²) < 4.78 is 16.2. The highest BCUT2D eigenvalue weighted by molar-refractivity contribution is 7.94. The number of hydrogen-bond donors (Lipinski definition) is 2. The summed E-state index contributed by atoms with van der Waals surface area (Å²) in [7, 11) is 4.05. The molecule has 1 aromatic heterocycles. The van der Waals surface area contributed by atoms with E-state index < -0.39 is 0 Å². The topological polar surface area (TPSA) is 98.3 Å². The molecule has 4 rings (SSSR count). The first-order chi connectivity index (χ1) is 20.2. The van der Waals surface area contributed by atoms with Crippen LogP contribution in [0.2, 0.25) is 0 Å². The molecule has 3 heterocycles. The summed E-state index contributed by atoms with van der Waals surface area (Å²) in [5.74, 6) is 1.58. The zero-order valence-corrected chi connectivity index (χ0v) is 25.8. The highest BCUT2D eigenvalue weighted by Gasteiger charge is 2.26. The molecule has 1 aliphatic carbocycles. The monoisotopic (exact) mass is 590 g/mol. The lowest BCUT2D eigenvalue weighted by atomic mass is 10.1. The van der Waals surface area contributed by atoms with Crippen LogP contribution < -0.4 is 15.5 Å². The molecule has 2 N–H and O–H groups in total. The molecular formula is C29H50N8O3S. The van der Waals surface area contributed by atoms with Crippen LogP contribution in [0.4, 0.5) is 11.8 Å². The molecule has 0 spiro atoms. The number of nitrogens with one attached hydrogen (secondary N) is 2. The zero-order valence-electron chi connectivity index (χ0n) is 25.0. The van der Waals surface area contributed by atoms with Crippen molar-refractivity contribution >= 4 is 36.3 Å². The summed E-state index contributed by atoms with van der Waals surface area (Å²) in [6.07, 6.45) is 13.0. The second kappa shape index (κ2) is 18.0. The van der Waals surface area contributed by atoms with Gasteiger partial charge < -0.3 is 25.0 Å². The van der Waals surface area contributed by atoms with E-state index in [2.05, 4.69) is 41.1 Å². The third-order valence-electron chi connectivity index (χ3n) is 8.13. The van der Waals surface area contributed by atoms with E-state index in [9.17, 15) is 4.79 Å². The summed E-state index contributed by atoms with van der Waals surface area (Å²) in [5.41, 5.74) is 0.890. The van der Waals surface area contributed by atoms with E-state index in [4.69, 9.17) is 14.5 Å². The van der Waals surface area contributed by atoms with Crippen LogP contribution in [0.15, 0.2) is 12.3 Å². The first kappa shape index (κ1) is 32.1. The zero-order chi connectivity index (χ0) is 28.7. The van der Waals surface area contributed by atoms with Gasteiger partial charge in [-0.15, -0.1) is 0 Å². The molecule has 1 saturated carbocycles. The number of aldehydes is 1. The molecule has 3 aliphatic rings. The third kappa shape index (κ3) is 10.8. The molecule has 11 nitrogen and oxygen atoms in total. The first-order valence-corrected chi connectivity index (χ1v) is 16.1. The molecule has 0 atom stereocenters. The molecule has 230 valence electrons. The van der Waals surface area contributed by atoms with Gasteiger partial charge in [0, 0.05) is 95.4 Å². The summed E-state index contributed by atoms with van der Waals surface area (Å²) in [5, 5.41) is 6.67. The highest BCUT2D eigenvalue weighted by atomic mass is 32.2. The largest absolute Gasteiger partial charge is 0.378 e. The van der Waals surface area contributed by atoms with Crippen molar-refractivity contribution in [2.75, 3.05) is 103 Å². The van der Waals surface area contributed by atoms with Gasteiger partial charge in [-0.05, 0) is 44.9 Å². The predicted octanol–water partition coefficient (Wildman–Crippen LogP) is 2.38. The van der Waals surface area contributed by atoms with Crippen molar-refractivity contribution in [2.45, 2.75) is 50.6 Å². The Kier molecular flexibility index (Phi) is 14.1. The number of aromatic nitrogens is 2. The van der Waals surface area contributed by atoms with Crippen LogP contribution in [0.25, 0.3) is 6.08 Å². The number of rotatable bonds is 17. The van der Waals surface area contributed by atoms with Crippen LogP contribution in [-0.4, -0.2) is 135 Å². The van der Waals surface area contributed by atoms with Crippen LogP contribution in [0.3, 0.4) is 0 Å². The lowest BCUT2D eigenvalue weighted by molar-refractivity contribution is -0.104. The Bertz CT molecular complexity index is 919. The van der Waals surface area contributed by atoms with Crippen molar-refractivity contribution in [3.63, 3.8) is 0 Å². The molecule has 3 fully saturated rings. The van der Waals surface area contributed by atoms with Crippen LogP contribution >= 0.6 is 12.1 Å². The minimum Gasteiger partial charge on any atom is -0.378 e. The number of likely N-dealkylation sites (N-methyl/N-ethyl adjacent to an activating group) is 1. The number of ether oxygens (including phenoxy) is 2. The normalized spacial score (nSPS) is 20.2. The summed E-state index contributed by atoms with van der Waals surface area (Å²) in [6, 6.07) is 0.855. The third-order valence-corrected chi connectivity index (χ3v) is 9.32. The molecule has 0 amide bonds. The van der Waals surface area contributed by atoms with Crippen LogP contribution in [0, 0.1) is 0 Å². The fraction of sp³-hybridized carbons (Fsp3) is 0.759. The number of anilines is 2. The van der Waals surface area contributed by atoms with Gasteiger partial charge in [0.05, 0.1) is 26.4 Å². The average Bonchev–Trinajstić information content (AvgIpc) is 3.55. The van der Waals surface area contributed by atoms with Gasteiger partial charge >= 0.3 is 0 Å². The fourth-order valence-electron chi connectivity index (χ4n) is 5.61. The van der Waals surface area contributed by atoms with E-state index in [0.717, 1.165) is 96.1 Å². The van der Waals surface area contributed by atoms with Gasteiger partial charge in [0.15, 0.2) is 0 Å². The Morgan fingerprint density at radius 2 is 1.71 bits per heavy atom. The van der Waals surface area contributed by atoms with Gasteiger partial charge in [0.1, 0.15) is 12.1 Å². The van der Waals surface area contributed by atoms with E-state index in [0.29, 0.717) is 31.2 Å². The Hall–Kier alpha value is -1.80. The Balaban J connectivity index is 1.14. The maximum atomic E-state index is 10.9. The second-order valence-corrected chi connectivity index (χ2v) is 12.2. The molecule has 12 heteroatoms. The van der Waals surface area contributed by atoms with Crippen LogP contribution in [-0.2, 0) is 14.3 Å². The number of carbonyl (C=O) groups is 1. The minimum atomic E-state index is 0.360. The maximum absolute atomic E-state index is 10.9. The van der Waals surface area contributed by atoms with E-state index in [-0.39, 0.29) is 0 Å². The quantitative estimate of drug-likeness (QED) is 0.121. The molecule has 2 saturated heterocycles. The number of allylic oxidation sites excluding steroid dienone is 1. The van der Waals surface area contributed by atoms with Gasteiger partial charge in [-0.25, -0.2) is 13.6 Å². The maximum Gasteiger partial charge on any atom is 0.224 e. The molecule has 0 aromatic carbocycles. The lowest BCUT2D eigenvalue weighted by Crippen LogP contribution is -2.46. The molecule has 41 heavy (non-hydrogen) atoms. The summed E-state index contributed by atoms with van der Waals surface area (Å²) >= 11 is 1.91. The van der Waals surface area contributed by atoms with Gasteiger partial charge in [-0.1, -0.05) is 12.8 Å². The van der Waals surface area contributed by atoms with Crippen molar-refractivity contribution < 1.29 is 14.3 Å². The highest BCUT2D eigenvalue weighted by Crippen LogP contribution is 2.30. The van der Waals surface area contributed by atoms with E-state index in [1.54, 1.807) is 0 Å². The molecule has 2 aliphatic heterocycles. The number of piperidine rings is 1. The predicted molar refractivity (Wildman–Crippen MR) is 167 cm³/mol. The van der Waals surface area contributed by atoms with Crippen molar-refractivity contribution in [1.29, 1.82) is 0 Å². The van der Waals surface area contributed by atoms with Crippen LogP contribution in [0.1, 0.15) is 44.1 Å². The smallest absolute Gasteiger partial charge is 0.224 e. The van der Waals surface area contributed by atoms with E-state index in [1.165, 1.54) is 31.8 Å². The summed E-state index contributed by atoms with van der Waals surface area (Å²) in [6.45, 7) is 11.1. The van der Waals surface area contributed by atoms with Crippen molar-refractivity contribution in [1.82, 2.24) is 28.8 Å². The fourth-order valence-corrected chi connectivity index (χ4v) is 6.64. The molecule has 0 bridgehead atoms. The second-order valence-electron chi connectivity index (χ2n) is 11.0. The van der Waals surface area contributed by atoms with Gasteiger partial charge in [0.25, 0.3) is 0 Å².